The van der Waals surface area contributed by atoms with Gasteiger partial charge >= 0.3 is 23.9 Å². The molecule has 0 aromatic carbocycles. The maximum absolute atomic E-state index is 11.3. The molecule has 2 amide bonds. The van der Waals surface area contributed by atoms with Crippen molar-refractivity contribution in [3.8, 4) is 0 Å². The van der Waals surface area contributed by atoms with Gasteiger partial charge in [0, 0.05) is 1.43 Å². The van der Waals surface area contributed by atoms with Gasteiger partial charge in [-0.2, -0.15) is 0 Å². The normalized spacial score (nSPS) is 46.6. The molecular weight excluding hydrogens is 490 g/mol. The Morgan fingerprint density at radius 1 is 0.526 bits per heavy atom. The number of cyclic esters (lactones) is 4. The molecule has 9 rings (SSSR count). The minimum atomic E-state index is -0.304. The van der Waals surface area contributed by atoms with E-state index in [9.17, 15) is 28.8 Å². The highest BCUT2D eigenvalue weighted by Gasteiger charge is 2.60. The number of amides is 2. The molecule has 6 aliphatic carbocycles. The highest BCUT2D eigenvalue weighted by molar-refractivity contribution is 6.06. The third kappa shape index (κ3) is 3.71. The van der Waals surface area contributed by atoms with Crippen molar-refractivity contribution in [1.82, 2.24) is 5.32 Å². The van der Waals surface area contributed by atoms with Gasteiger partial charge in [0.1, 0.15) is 0 Å². The highest BCUT2D eigenvalue weighted by Crippen LogP contribution is 2.56. The van der Waals surface area contributed by atoms with Gasteiger partial charge in [-0.25, -0.2) is 0 Å². The number of nitrogens with one attached hydrogen (secondary N) is 1. The minimum Gasteiger partial charge on any atom is -0.393 e. The fourth-order valence-electron chi connectivity index (χ4n) is 9.24. The molecule has 208 valence electrons. The SMILES string of the molecule is C.C.O=C1NC(=O)C2C1[C@@H]1CC[C@H]2C1.O=C1OC(=O)C2C1[C@@H]1C=C[C@H]2C1.O=C1OC(=O)C2C1[C@@H]1CC[C@H]2C1.[2HH]. The molecule has 3 heterocycles. The Balaban J connectivity index is 0.000000131. The minimum absolute atomic E-state index is 0. The summed E-state index contributed by atoms with van der Waals surface area (Å²) in [4.78, 5) is 67.4. The first kappa shape index (κ1) is 26.8. The van der Waals surface area contributed by atoms with Crippen molar-refractivity contribution in [2.24, 2.45) is 71.0 Å². The van der Waals surface area contributed by atoms with Gasteiger partial charge in [-0.1, -0.05) is 27.0 Å². The highest BCUT2D eigenvalue weighted by atomic mass is 16.6. The van der Waals surface area contributed by atoms with Crippen molar-refractivity contribution in [3.63, 3.8) is 0 Å². The van der Waals surface area contributed by atoms with E-state index < -0.39 is 0 Å². The maximum Gasteiger partial charge on any atom is 0.318 e. The van der Waals surface area contributed by atoms with E-state index in [1.54, 1.807) is 0 Å². The third-order valence-electron chi connectivity index (χ3n) is 10.6. The van der Waals surface area contributed by atoms with Gasteiger partial charge in [-0.3, -0.25) is 34.1 Å². The molecule has 12 atom stereocenters. The topological polar surface area (TPSA) is 133 Å². The van der Waals surface area contributed by atoms with E-state index in [0.717, 1.165) is 44.9 Å². The fourth-order valence-corrected chi connectivity index (χ4v) is 9.24. The summed E-state index contributed by atoms with van der Waals surface area (Å²) in [6, 6.07) is 0. The molecule has 3 saturated heterocycles. The number of imide groups is 1. The van der Waals surface area contributed by atoms with Crippen LogP contribution in [0.3, 0.4) is 0 Å². The largest absolute Gasteiger partial charge is 0.393 e. The zero-order valence-electron chi connectivity index (χ0n) is 19.8. The van der Waals surface area contributed by atoms with E-state index in [0.29, 0.717) is 23.7 Å². The molecule has 8 fully saturated rings. The molecule has 3 aliphatic heterocycles. The fraction of sp³-hybridized carbons (Fsp3) is 0.724. The number of allylic oxidation sites excluding steroid dienone is 2. The predicted octanol–water partition coefficient (Wildman–Crippen LogP) is 3.06. The standard InChI is InChI=1S/C9H11NO2.C9H10O3.C9H8O3.2CH4.H2/c11-8-6-4-1-2-5(3-4)7(6)9(12)10-8;2*10-8-6-4-1-2-5(3-4)7(6)9(11)12-8;;;/h4-7H,1-3H2,(H,10,11,12);4-7H,1-3H2;1-2,4-7H,3H2;2*1H4;1H/t3*4-,5+,6?,7?;;;/i;;;;;1+1. The lowest BCUT2D eigenvalue weighted by Crippen LogP contribution is -2.24. The van der Waals surface area contributed by atoms with Crippen LogP contribution in [-0.2, 0) is 38.2 Å². The Kier molecular flexibility index (Phi) is 6.63. The smallest absolute Gasteiger partial charge is 0.318 e. The van der Waals surface area contributed by atoms with Crippen molar-refractivity contribution in [2.45, 2.75) is 59.8 Å². The van der Waals surface area contributed by atoms with E-state index >= 15 is 0 Å². The molecule has 0 aromatic rings. The van der Waals surface area contributed by atoms with Gasteiger partial charge in [0.2, 0.25) is 11.8 Å². The van der Waals surface area contributed by atoms with Crippen LogP contribution in [0.4, 0.5) is 0 Å². The molecule has 9 heteroatoms. The zero-order chi connectivity index (χ0) is 24.9. The lowest BCUT2D eigenvalue weighted by molar-refractivity contribution is -0.156. The Labute approximate surface area is 223 Å². The van der Waals surface area contributed by atoms with Crippen LogP contribution in [0.5, 0.6) is 0 Å². The van der Waals surface area contributed by atoms with Crippen molar-refractivity contribution in [1.29, 1.82) is 0 Å². The van der Waals surface area contributed by atoms with Gasteiger partial charge in [-0.05, 0) is 80.5 Å². The van der Waals surface area contributed by atoms with Crippen molar-refractivity contribution in [2.75, 3.05) is 0 Å². The lowest BCUT2D eigenvalue weighted by Gasteiger charge is -2.19. The third-order valence-corrected chi connectivity index (χ3v) is 10.6. The average molecular weight is 531 g/mol. The number of hydrogen-bond donors (Lipinski definition) is 1. The Morgan fingerprint density at radius 2 is 0.868 bits per heavy atom. The summed E-state index contributed by atoms with van der Waals surface area (Å²) >= 11 is 0. The maximum atomic E-state index is 11.3. The van der Waals surface area contributed by atoms with E-state index in [4.69, 9.17) is 0 Å². The lowest BCUT2D eigenvalue weighted by atomic mass is 9.81. The molecule has 0 spiro atoms. The summed E-state index contributed by atoms with van der Waals surface area (Å²) in [5.41, 5.74) is 0. The quantitative estimate of drug-likeness (QED) is 0.219. The van der Waals surface area contributed by atoms with Gasteiger partial charge in [0.25, 0.3) is 0 Å². The van der Waals surface area contributed by atoms with Gasteiger partial charge in [-0.15, -0.1) is 0 Å². The first-order valence-electron chi connectivity index (χ1n) is 13.4. The van der Waals surface area contributed by atoms with Crippen molar-refractivity contribution < 1.29 is 39.7 Å². The number of carbonyl (C=O) groups excluding carboxylic acids is 6. The summed E-state index contributed by atoms with van der Waals surface area (Å²) in [5.74, 6) is 1.08. The molecule has 6 unspecified atom stereocenters. The number of fused-ring (bicyclic) bond motifs is 15. The van der Waals surface area contributed by atoms with Crippen molar-refractivity contribution in [3.05, 3.63) is 12.2 Å². The number of esters is 4. The Morgan fingerprint density at radius 3 is 1.26 bits per heavy atom. The summed E-state index contributed by atoms with van der Waals surface area (Å²) in [5, 5.41) is 2.44. The van der Waals surface area contributed by atoms with E-state index in [1.807, 2.05) is 12.2 Å². The molecule has 9 aliphatic rings. The Hall–Kier alpha value is -2.84. The predicted molar refractivity (Wildman–Crippen MR) is 134 cm³/mol. The van der Waals surface area contributed by atoms with Crippen LogP contribution in [0, 0.1) is 71.0 Å². The van der Waals surface area contributed by atoms with Gasteiger partial charge in [0.05, 0.1) is 35.5 Å². The molecule has 6 bridgehead atoms. The van der Waals surface area contributed by atoms with Crippen LogP contribution in [0.2, 0.25) is 0 Å². The van der Waals surface area contributed by atoms with Crippen LogP contribution in [-0.4, -0.2) is 35.7 Å². The molecule has 5 saturated carbocycles. The first-order valence-corrected chi connectivity index (χ1v) is 13.4. The number of hydrogen-bond acceptors (Lipinski definition) is 8. The molecule has 38 heavy (non-hydrogen) atoms. The van der Waals surface area contributed by atoms with Crippen LogP contribution >= 0.6 is 0 Å². The van der Waals surface area contributed by atoms with E-state index in [2.05, 4.69) is 14.8 Å². The van der Waals surface area contributed by atoms with E-state index in [-0.39, 0.29) is 99.3 Å². The molecule has 0 aromatic heterocycles. The van der Waals surface area contributed by atoms with E-state index in [1.165, 1.54) is 0 Å². The summed E-state index contributed by atoms with van der Waals surface area (Å²) in [6.07, 6.45) is 11.8. The van der Waals surface area contributed by atoms with Crippen molar-refractivity contribution >= 4 is 35.7 Å². The molecule has 1 N–H and O–H groups in total. The monoisotopic (exact) mass is 530 g/mol. The Bertz CT molecular complexity index is 998. The van der Waals surface area contributed by atoms with Crippen LogP contribution in [0.15, 0.2) is 12.2 Å². The molecule has 9 nitrogen and oxygen atoms in total. The van der Waals surface area contributed by atoms with Gasteiger partial charge in [0.15, 0.2) is 0 Å². The number of rotatable bonds is 0. The average Bonchev–Trinajstić information content (AvgIpc) is 3.68. The second-order valence-corrected chi connectivity index (χ2v) is 12.1. The van der Waals surface area contributed by atoms with Crippen LogP contribution < -0.4 is 5.32 Å². The summed E-state index contributed by atoms with van der Waals surface area (Å²) < 4.78 is 9.22. The second-order valence-electron chi connectivity index (χ2n) is 12.1. The zero-order valence-corrected chi connectivity index (χ0v) is 19.8. The van der Waals surface area contributed by atoms with Crippen LogP contribution in [0.1, 0.15) is 61.2 Å². The van der Waals surface area contributed by atoms with Gasteiger partial charge < -0.3 is 9.47 Å². The van der Waals surface area contributed by atoms with Crippen LogP contribution in [0.25, 0.3) is 0 Å². The number of carbonyl (C=O) groups is 6. The number of ether oxygens (including phenoxy) is 2. The second kappa shape index (κ2) is 9.42. The molecular formula is C29H39NO8. The summed E-state index contributed by atoms with van der Waals surface area (Å²) in [7, 11) is 0. The summed E-state index contributed by atoms with van der Waals surface area (Å²) in [6.45, 7) is 0. The first-order chi connectivity index (χ1) is 17.3. The molecule has 0 radical (unpaired) electrons.